The summed E-state index contributed by atoms with van der Waals surface area (Å²) in [5, 5.41) is 4.68. The molecule has 0 unspecified atom stereocenters. The van der Waals surface area contributed by atoms with E-state index in [1.807, 2.05) is 0 Å². The first kappa shape index (κ1) is 43.3. The molecule has 4 heteroatoms. The molecule has 3 aromatic carbocycles. The molecule has 3 aromatic rings. The molecule has 0 radical (unpaired) electrons. The number of hydrogen-bond donors (Lipinski definition) is 3. The zero-order valence-electron chi connectivity index (χ0n) is 33.3. The molecular weight excluding hydrogens is 599 g/mol. The smallest absolute Gasteiger partial charge is 0.158 e. The Hall–Kier alpha value is -2.76. The Bertz CT molecular complexity index is 1220. The van der Waals surface area contributed by atoms with Crippen LogP contribution in [0.2, 0.25) is 5.54 Å². The molecular formula is C44H71N3Si. The summed E-state index contributed by atoms with van der Waals surface area (Å²) in [5.74, 6) is 2.86. The lowest BCUT2D eigenvalue weighted by atomic mass is 9.95. The molecule has 4 rings (SSSR count). The minimum Gasteiger partial charge on any atom is -0.333 e. The second-order valence-corrected chi connectivity index (χ2v) is 18.7. The van der Waals surface area contributed by atoms with Crippen LogP contribution in [0.5, 0.6) is 0 Å². The molecule has 0 aromatic heterocycles. The van der Waals surface area contributed by atoms with Gasteiger partial charge in [0.25, 0.3) is 0 Å². The highest BCUT2D eigenvalue weighted by atomic mass is 28.3. The fourth-order valence-electron chi connectivity index (χ4n) is 6.51. The molecule has 1 aliphatic rings. The van der Waals surface area contributed by atoms with Gasteiger partial charge in [-0.25, -0.2) is 0 Å². The third-order valence-corrected chi connectivity index (χ3v) is 14.5. The number of nitrogens with two attached hydrogens (primary N) is 3. The third-order valence-electron chi connectivity index (χ3n) is 9.55. The predicted octanol–water partition coefficient (Wildman–Crippen LogP) is 9.12. The van der Waals surface area contributed by atoms with E-state index in [0.29, 0.717) is 41.0 Å². The van der Waals surface area contributed by atoms with E-state index >= 15 is 0 Å². The third kappa shape index (κ3) is 9.91. The summed E-state index contributed by atoms with van der Waals surface area (Å²) in [5.41, 5.74) is 22.6. The molecule has 0 saturated carbocycles. The summed E-state index contributed by atoms with van der Waals surface area (Å²) in [6.45, 7) is 28.3. The highest BCUT2D eigenvalue weighted by Crippen LogP contribution is 2.34. The largest absolute Gasteiger partial charge is 0.333 e. The average molecular weight is 670 g/mol. The van der Waals surface area contributed by atoms with Crippen molar-refractivity contribution < 1.29 is 0 Å². The fraction of sp³-hybridized carbons (Fsp3) is 0.500. The molecule has 0 amide bonds. The van der Waals surface area contributed by atoms with Gasteiger partial charge in [0.2, 0.25) is 0 Å². The van der Waals surface area contributed by atoms with Gasteiger partial charge in [0.1, 0.15) is 0 Å². The zero-order chi connectivity index (χ0) is 36.9. The molecule has 0 bridgehead atoms. The van der Waals surface area contributed by atoms with Crippen LogP contribution in [0.4, 0.5) is 0 Å². The summed E-state index contributed by atoms with van der Waals surface area (Å²) in [4.78, 5) is 0. The second-order valence-electron chi connectivity index (χ2n) is 14.7. The van der Waals surface area contributed by atoms with Gasteiger partial charge in [-0.05, 0) is 106 Å². The summed E-state index contributed by atoms with van der Waals surface area (Å²) in [7, 11) is 1.87. The van der Waals surface area contributed by atoms with Crippen molar-refractivity contribution in [2.75, 3.05) is 21.1 Å². The Labute approximate surface area is 297 Å². The van der Waals surface area contributed by atoms with Crippen molar-refractivity contribution in [3.8, 4) is 0 Å². The lowest BCUT2D eigenvalue weighted by Gasteiger charge is -2.40. The Balaban J connectivity index is 0.00000182. The molecule has 3 nitrogen and oxygen atoms in total. The van der Waals surface area contributed by atoms with Crippen molar-refractivity contribution >= 4 is 23.6 Å². The molecule has 6 N–H and O–H groups in total. The first-order valence-electron chi connectivity index (χ1n) is 18.3. The average Bonchev–Trinajstić information content (AvgIpc) is 3.62. The topological polar surface area (TPSA) is 78.1 Å². The fourth-order valence-corrected chi connectivity index (χ4v) is 11.8. The van der Waals surface area contributed by atoms with Gasteiger partial charge >= 0.3 is 0 Å². The summed E-state index contributed by atoms with van der Waals surface area (Å²) in [6.07, 6.45) is 9.62. The molecule has 0 spiro atoms. The SMILES string of the molecule is CC(C)c1cc(C(C)C)cc([Si](c2cc(C(C)C)cc(C(C)C)c2)(c2cc(C(C)C)cc(C(C)C)c2)C2C=CC=C2)c1.CN.CN.CN. The van der Waals surface area contributed by atoms with Crippen molar-refractivity contribution in [2.45, 2.75) is 124 Å². The van der Waals surface area contributed by atoms with Gasteiger partial charge in [-0.3, -0.25) is 0 Å². The van der Waals surface area contributed by atoms with Crippen molar-refractivity contribution in [2.24, 2.45) is 17.2 Å². The number of benzene rings is 3. The van der Waals surface area contributed by atoms with E-state index < -0.39 is 8.07 Å². The highest BCUT2D eigenvalue weighted by molar-refractivity contribution is 7.13. The predicted molar refractivity (Wildman–Crippen MR) is 221 cm³/mol. The van der Waals surface area contributed by atoms with Gasteiger partial charge in [-0.1, -0.05) is 162 Å². The van der Waals surface area contributed by atoms with Crippen LogP contribution in [-0.4, -0.2) is 29.2 Å². The van der Waals surface area contributed by atoms with Gasteiger partial charge in [0.05, 0.1) is 0 Å². The second kappa shape index (κ2) is 20.0. The van der Waals surface area contributed by atoms with Crippen LogP contribution in [0, 0.1) is 0 Å². The monoisotopic (exact) mass is 670 g/mol. The van der Waals surface area contributed by atoms with Crippen LogP contribution in [-0.2, 0) is 0 Å². The van der Waals surface area contributed by atoms with E-state index in [1.165, 1.54) is 54.5 Å². The lowest BCUT2D eigenvalue weighted by Crippen LogP contribution is -2.69. The molecule has 0 aliphatic heterocycles. The van der Waals surface area contributed by atoms with Gasteiger partial charge in [0.15, 0.2) is 8.07 Å². The van der Waals surface area contributed by atoms with Crippen LogP contribution in [0.15, 0.2) is 78.9 Å². The van der Waals surface area contributed by atoms with Crippen molar-refractivity contribution in [3.63, 3.8) is 0 Å². The number of hydrogen-bond acceptors (Lipinski definition) is 3. The maximum absolute atomic E-state index is 4.50. The molecule has 1 aliphatic carbocycles. The van der Waals surface area contributed by atoms with Crippen molar-refractivity contribution in [3.05, 3.63) is 112 Å². The summed E-state index contributed by atoms with van der Waals surface area (Å²) in [6, 6.07) is 23.1. The van der Waals surface area contributed by atoms with Crippen LogP contribution >= 0.6 is 0 Å². The molecule has 0 saturated heterocycles. The first-order valence-corrected chi connectivity index (χ1v) is 20.4. The number of rotatable bonds is 10. The van der Waals surface area contributed by atoms with E-state index in [9.17, 15) is 0 Å². The quantitative estimate of drug-likeness (QED) is 0.149. The molecule has 0 heterocycles. The van der Waals surface area contributed by atoms with Crippen LogP contribution in [0.1, 0.15) is 152 Å². The zero-order valence-corrected chi connectivity index (χ0v) is 34.3. The normalized spacial score (nSPS) is 12.8. The minimum absolute atomic E-state index is 0.352. The number of allylic oxidation sites excluding steroid dienone is 4. The molecule has 48 heavy (non-hydrogen) atoms. The van der Waals surface area contributed by atoms with Crippen LogP contribution in [0.25, 0.3) is 0 Å². The van der Waals surface area contributed by atoms with E-state index in [2.05, 4.69) is 179 Å². The minimum atomic E-state index is -2.63. The van der Waals surface area contributed by atoms with Crippen molar-refractivity contribution in [1.29, 1.82) is 0 Å². The Morgan fingerprint density at radius 1 is 0.354 bits per heavy atom. The van der Waals surface area contributed by atoms with Gasteiger partial charge in [-0.15, -0.1) is 0 Å². The summed E-state index contributed by atoms with van der Waals surface area (Å²) >= 11 is 0. The van der Waals surface area contributed by atoms with E-state index in [0.717, 1.165) is 0 Å². The van der Waals surface area contributed by atoms with Crippen molar-refractivity contribution in [1.82, 2.24) is 0 Å². The Kier molecular flexibility index (Phi) is 18.1. The van der Waals surface area contributed by atoms with Gasteiger partial charge in [-0.2, -0.15) is 0 Å². The molecule has 266 valence electrons. The Morgan fingerprint density at radius 3 is 0.708 bits per heavy atom. The Morgan fingerprint density at radius 2 is 0.542 bits per heavy atom. The summed E-state index contributed by atoms with van der Waals surface area (Å²) < 4.78 is 0. The van der Waals surface area contributed by atoms with E-state index in [4.69, 9.17) is 0 Å². The maximum Gasteiger partial charge on any atom is 0.158 e. The molecule has 0 atom stereocenters. The maximum atomic E-state index is 4.50. The highest BCUT2D eigenvalue weighted by Gasteiger charge is 2.46. The lowest BCUT2D eigenvalue weighted by molar-refractivity contribution is 0.834. The van der Waals surface area contributed by atoms with Gasteiger partial charge in [0, 0.05) is 5.54 Å². The first-order chi connectivity index (χ1) is 22.7. The van der Waals surface area contributed by atoms with Crippen LogP contribution < -0.4 is 32.8 Å². The van der Waals surface area contributed by atoms with E-state index in [-0.39, 0.29) is 0 Å². The van der Waals surface area contributed by atoms with E-state index in [1.54, 1.807) is 15.6 Å². The molecule has 0 fully saturated rings. The van der Waals surface area contributed by atoms with Gasteiger partial charge < -0.3 is 17.2 Å². The van der Waals surface area contributed by atoms with Crippen LogP contribution in [0.3, 0.4) is 0 Å². The standard InChI is InChI=1S/C41H56Si.3CH5N/c1-26(2)32-17-33(27(3)4)21-39(20-32)42(38-15-13-14-16-38,40-22-34(28(5)6)18-35(23-40)29(7)8)41-24-36(30(9)10)19-37(25-41)31(11)12;3*1-2/h13-31,38H,1-12H3;3*2H2,1H3.